The van der Waals surface area contributed by atoms with Gasteiger partial charge in [-0.05, 0) is 96.7 Å². The smallest absolute Gasteiger partial charge is 0.315 e. The van der Waals surface area contributed by atoms with Crippen molar-refractivity contribution in [2.45, 2.75) is 174 Å². The highest BCUT2D eigenvalue weighted by Gasteiger charge is 2.71. The predicted molar refractivity (Wildman–Crippen MR) is 193 cm³/mol. The van der Waals surface area contributed by atoms with Gasteiger partial charge in [0.1, 0.15) is 42.7 Å². The van der Waals surface area contributed by atoms with Gasteiger partial charge < -0.3 is 59.8 Å². The van der Waals surface area contributed by atoms with E-state index >= 15 is 0 Å². The number of fused-ring (bicyclic) bond motifs is 7. The van der Waals surface area contributed by atoms with E-state index in [1.807, 2.05) is 13.8 Å². The molecule has 0 amide bonds. The van der Waals surface area contributed by atoms with Crippen LogP contribution in [0.3, 0.4) is 0 Å². The summed E-state index contributed by atoms with van der Waals surface area (Å²) in [4.78, 5) is 14.6. The Bertz CT molecular complexity index is 1470. The van der Waals surface area contributed by atoms with Crippen molar-refractivity contribution in [1.29, 1.82) is 0 Å². The van der Waals surface area contributed by atoms with Crippen molar-refractivity contribution in [2.75, 3.05) is 13.2 Å². The fraction of sp³-hybridized carbons (Fsp3) is 0.927. The van der Waals surface area contributed by atoms with Crippen LogP contribution in [0.4, 0.5) is 0 Å². The molecule has 6 fully saturated rings. The summed E-state index contributed by atoms with van der Waals surface area (Å²) in [5.74, 6) is -0.566. The van der Waals surface area contributed by atoms with Gasteiger partial charge in [0.25, 0.3) is 0 Å². The van der Waals surface area contributed by atoms with E-state index in [9.17, 15) is 45.6 Å². The highest BCUT2D eigenvalue weighted by molar-refractivity contribution is 5.79. The Morgan fingerprint density at radius 3 is 2.13 bits per heavy atom. The second-order valence-electron chi connectivity index (χ2n) is 20.2. The van der Waals surface area contributed by atoms with E-state index in [0.717, 1.165) is 37.7 Å². The standard InChI is InChI=1S/C41H66O13/c1-36(2)14-16-41(35(50)54-34-31(48)29(46)28(45)22(18-42)52-34)17-15-39(6)20(26(41)32(36)49)8-9-24-38(5)12-11-25(37(3,4)23(38)10-13-40(24,39)7)53-33-30(47)27(44)21(43)19-51-33/h8,21-34,42-49H,9-19H2,1-7H3/t21-,22-,23+,24-,25?,26-,27+,28-,29+,30-,31-,32+,33+,34+,38+,39-,40-,41+/m1/s1. The molecule has 2 heterocycles. The number of carbonyl (C=O) groups excluding carboxylic acids is 1. The Hall–Kier alpha value is -1.23. The van der Waals surface area contributed by atoms with Crippen LogP contribution in [0.25, 0.3) is 0 Å². The average Bonchev–Trinajstić information content (AvgIpc) is 3.11. The zero-order valence-electron chi connectivity index (χ0n) is 33.1. The molecule has 0 aromatic rings. The molecule has 4 saturated carbocycles. The summed E-state index contributed by atoms with van der Waals surface area (Å²) >= 11 is 0. The summed E-state index contributed by atoms with van der Waals surface area (Å²) in [6.07, 6.45) is -4.89. The van der Waals surface area contributed by atoms with Crippen LogP contribution in [-0.4, -0.2) is 128 Å². The molecule has 8 N–H and O–H groups in total. The van der Waals surface area contributed by atoms with Gasteiger partial charge in [-0.2, -0.15) is 0 Å². The Morgan fingerprint density at radius 1 is 0.778 bits per heavy atom. The first-order valence-corrected chi connectivity index (χ1v) is 20.3. The van der Waals surface area contributed by atoms with Crippen LogP contribution in [0.2, 0.25) is 0 Å². The number of ether oxygens (including phenoxy) is 4. The van der Waals surface area contributed by atoms with E-state index in [1.54, 1.807) is 0 Å². The van der Waals surface area contributed by atoms with Gasteiger partial charge >= 0.3 is 5.97 Å². The molecule has 2 saturated heterocycles. The number of hydrogen-bond donors (Lipinski definition) is 8. The lowest BCUT2D eigenvalue weighted by molar-refractivity contribution is -0.308. The Labute approximate surface area is 319 Å². The number of aliphatic hydroxyl groups excluding tert-OH is 8. The number of rotatable bonds is 5. The van der Waals surface area contributed by atoms with Gasteiger partial charge in [0.2, 0.25) is 6.29 Å². The van der Waals surface area contributed by atoms with Crippen molar-refractivity contribution in [3.05, 3.63) is 11.6 Å². The van der Waals surface area contributed by atoms with Crippen molar-refractivity contribution in [1.82, 2.24) is 0 Å². The molecule has 0 bridgehead atoms. The fourth-order valence-electron chi connectivity index (χ4n) is 13.3. The molecular weight excluding hydrogens is 700 g/mol. The van der Waals surface area contributed by atoms with Crippen molar-refractivity contribution >= 4 is 5.97 Å². The molecule has 0 aromatic carbocycles. The molecule has 13 heteroatoms. The molecule has 1 unspecified atom stereocenters. The van der Waals surface area contributed by atoms with Gasteiger partial charge in [-0.25, -0.2) is 0 Å². The number of hydrogen-bond acceptors (Lipinski definition) is 13. The van der Waals surface area contributed by atoms with Crippen LogP contribution in [-0.2, 0) is 23.7 Å². The van der Waals surface area contributed by atoms with Gasteiger partial charge in [0.15, 0.2) is 6.29 Å². The van der Waals surface area contributed by atoms with Gasteiger partial charge in [-0.1, -0.05) is 60.1 Å². The Kier molecular flexibility index (Phi) is 10.4. The lowest BCUT2D eigenvalue weighted by Gasteiger charge is -2.71. The summed E-state index contributed by atoms with van der Waals surface area (Å²) in [5, 5.41) is 84.6. The van der Waals surface area contributed by atoms with Crippen molar-refractivity contribution in [2.24, 2.45) is 50.2 Å². The zero-order valence-corrected chi connectivity index (χ0v) is 33.1. The topological polar surface area (TPSA) is 216 Å². The minimum Gasteiger partial charge on any atom is -0.432 e. The van der Waals surface area contributed by atoms with Crippen LogP contribution in [0.15, 0.2) is 11.6 Å². The number of carbonyl (C=O) groups is 1. The highest BCUT2D eigenvalue weighted by atomic mass is 16.7. The molecule has 308 valence electrons. The molecule has 13 nitrogen and oxygen atoms in total. The minimum atomic E-state index is -1.71. The maximum atomic E-state index is 14.6. The summed E-state index contributed by atoms with van der Waals surface area (Å²) in [6.45, 7) is 15.0. The number of aliphatic hydroxyl groups is 8. The largest absolute Gasteiger partial charge is 0.432 e. The SMILES string of the molecule is CC1(C)CC[C@]2(C(=O)O[C@@H]3O[C@H](CO)[C@@H](O)[C@H](O)[C@H]3O)CC[C@]3(C)C(=CC[C@@H]4[C@@]5(C)CCC(O[C@@H]6OC[C@@H](O)[C@H](O)[C@H]6O)C(C)(C)[C@@H]5CC[C@]43C)[C@@H]2[C@@H]1O. The Balaban J connectivity index is 1.18. The molecule has 5 aliphatic carbocycles. The number of allylic oxidation sites excluding steroid dienone is 1. The first-order valence-electron chi connectivity index (χ1n) is 20.3. The summed E-state index contributed by atoms with van der Waals surface area (Å²) in [7, 11) is 0. The lowest BCUT2D eigenvalue weighted by Crippen LogP contribution is -2.67. The van der Waals surface area contributed by atoms with E-state index in [-0.39, 0.29) is 40.3 Å². The first kappa shape index (κ1) is 40.9. The maximum absolute atomic E-state index is 14.6. The van der Waals surface area contributed by atoms with Gasteiger partial charge in [-0.3, -0.25) is 4.79 Å². The monoisotopic (exact) mass is 766 g/mol. The molecule has 2 aliphatic heterocycles. The summed E-state index contributed by atoms with van der Waals surface area (Å²) in [6, 6.07) is 0. The van der Waals surface area contributed by atoms with Gasteiger partial charge in [0.05, 0.1) is 30.8 Å². The molecule has 0 spiro atoms. The van der Waals surface area contributed by atoms with Crippen molar-refractivity contribution < 1.29 is 64.6 Å². The number of esters is 1. The van der Waals surface area contributed by atoms with E-state index in [1.165, 1.54) is 0 Å². The molecular formula is C41H66O13. The third-order valence-corrected chi connectivity index (χ3v) is 17.0. The summed E-state index contributed by atoms with van der Waals surface area (Å²) < 4.78 is 23.7. The first-order chi connectivity index (χ1) is 25.1. The van der Waals surface area contributed by atoms with Gasteiger partial charge in [0, 0.05) is 5.92 Å². The maximum Gasteiger partial charge on any atom is 0.315 e. The molecule has 0 radical (unpaired) electrons. The van der Waals surface area contributed by atoms with E-state index in [4.69, 9.17) is 18.9 Å². The normalized spacial score (nSPS) is 53.9. The van der Waals surface area contributed by atoms with Crippen molar-refractivity contribution in [3.8, 4) is 0 Å². The fourth-order valence-corrected chi connectivity index (χ4v) is 13.3. The van der Waals surface area contributed by atoms with Gasteiger partial charge in [-0.15, -0.1) is 0 Å². The quantitative estimate of drug-likeness (QED) is 0.114. The van der Waals surface area contributed by atoms with E-state index < -0.39 is 90.7 Å². The van der Waals surface area contributed by atoms with Crippen molar-refractivity contribution in [3.63, 3.8) is 0 Å². The second kappa shape index (κ2) is 13.7. The highest BCUT2D eigenvalue weighted by Crippen LogP contribution is 2.76. The molecule has 18 atom stereocenters. The lowest BCUT2D eigenvalue weighted by atomic mass is 9.33. The van der Waals surface area contributed by atoms with Crippen LogP contribution < -0.4 is 0 Å². The Morgan fingerprint density at radius 2 is 1.44 bits per heavy atom. The van der Waals surface area contributed by atoms with E-state index in [0.29, 0.717) is 31.6 Å². The third kappa shape index (κ3) is 5.76. The zero-order chi connectivity index (χ0) is 39.6. The van der Waals surface area contributed by atoms with Crippen LogP contribution >= 0.6 is 0 Å². The molecule has 0 aromatic heterocycles. The van der Waals surface area contributed by atoms with E-state index in [2.05, 4.69) is 40.7 Å². The second-order valence-corrected chi connectivity index (χ2v) is 20.2. The minimum absolute atomic E-state index is 0.0653. The average molecular weight is 767 g/mol. The molecule has 7 aliphatic rings. The van der Waals surface area contributed by atoms with Crippen LogP contribution in [0.1, 0.15) is 106 Å². The molecule has 7 rings (SSSR count). The van der Waals surface area contributed by atoms with Crippen LogP contribution in [0.5, 0.6) is 0 Å². The predicted octanol–water partition coefficient (Wildman–Crippen LogP) is 1.93. The summed E-state index contributed by atoms with van der Waals surface area (Å²) in [5.41, 5.74) is -1.34. The molecule has 54 heavy (non-hydrogen) atoms. The third-order valence-electron chi connectivity index (χ3n) is 17.0. The van der Waals surface area contributed by atoms with Crippen LogP contribution in [0, 0.1) is 50.2 Å².